The van der Waals surface area contributed by atoms with E-state index in [9.17, 15) is 13.2 Å². The van der Waals surface area contributed by atoms with E-state index in [0.29, 0.717) is 17.2 Å². The molecule has 0 saturated carbocycles. The number of alkyl halides is 3. The van der Waals surface area contributed by atoms with E-state index in [2.05, 4.69) is 15.3 Å². The van der Waals surface area contributed by atoms with Gasteiger partial charge in [-0.25, -0.2) is 9.97 Å². The van der Waals surface area contributed by atoms with Crippen molar-refractivity contribution in [1.82, 2.24) is 9.97 Å². The van der Waals surface area contributed by atoms with Crippen LogP contribution in [0.15, 0.2) is 6.33 Å². The molecule has 3 N–H and O–H groups in total. The predicted octanol–water partition coefficient (Wildman–Crippen LogP) is 2.03. The highest BCUT2D eigenvalue weighted by Crippen LogP contribution is 2.29. The zero-order valence-corrected chi connectivity index (χ0v) is 9.32. The van der Waals surface area contributed by atoms with Gasteiger partial charge in [-0.1, -0.05) is 0 Å². The third-order valence-corrected chi connectivity index (χ3v) is 2.52. The number of nitrogens with one attached hydrogen (secondary N) is 1. The number of nitrogens with zero attached hydrogens (tertiary/aromatic N) is 2. The van der Waals surface area contributed by atoms with Crippen LogP contribution in [-0.2, 0) is 0 Å². The summed E-state index contributed by atoms with van der Waals surface area (Å²) in [6.45, 7) is 1.87. The number of anilines is 2. The van der Waals surface area contributed by atoms with Gasteiger partial charge in [0, 0.05) is 17.9 Å². The third-order valence-electron chi connectivity index (χ3n) is 1.78. The molecule has 4 nitrogen and oxygen atoms in total. The number of halogens is 3. The molecule has 0 amide bonds. The first-order chi connectivity index (χ1) is 7.40. The molecule has 8 heteroatoms. The van der Waals surface area contributed by atoms with Crippen LogP contribution in [-0.4, -0.2) is 27.8 Å². The van der Waals surface area contributed by atoms with Gasteiger partial charge in [0.1, 0.15) is 18.0 Å². The molecule has 0 atom stereocenters. The molecule has 0 spiro atoms. The van der Waals surface area contributed by atoms with E-state index < -0.39 is 5.51 Å². The largest absolute Gasteiger partial charge is 0.441 e. The minimum Gasteiger partial charge on any atom is -0.383 e. The molecule has 1 aromatic heterocycles. The van der Waals surface area contributed by atoms with Crippen LogP contribution in [0, 0.1) is 6.92 Å². The Kier molecular flexibility index (Phi) is 4.22. The maximum Gasteiger partial charge on any atom is 0.441 e. The van der Waals surface area contributed by atoms with Gasteiger partial charge in [0.05, 0.1) is 0 Å². The van der Waals surface area contributed by atoms with Gasteiger partial charge < -0.3 is 11.1 Å². The van der Waals surface area contributed by atoms with Crippen molar-refractivity contribution in [1.29, 1.82) is 0 Å². The zero-order valence-electron chi connectivity index (χ0n) is 8.51. The van der Waals surface area contributed by atoms with E-state index in [1.807, 2.05) is 0 Å². The normalized spacial score (nSPS) is 11.5. The van der Waals surface area contributed by atoms with E-state index in [4.69, 9.17) is 5.73 Å². The van der Waals surface area contributed by atoms with Gasteiger partial charge in [-0.15, -0.1) is 0 Å². The van der Waals surface area contributed by atoms with E-state index in [1.165, 1.54) is 6.33 Å². The van der Waals surface area contributed by atoms with Crippen molar-refractivity contribution >= 4 is 23.4 Å². The summed E-state index contributed by atoms with van der Waals surface area (Å²) in [7, 11) is 0. The zero-order chi connectivity index (χ0) is 12.2. The highest BCUT2D eigenvalue weighted by molar-refractivity contribution is 8.00. The minimum absolute atomic E-state index is 0.0743. The fraction of sp³-hybridized carbons (Fsp3) is 0.500. The summed E-state index contributed by atoms with van der Waals surface area (Å²) < 4.78 is 35.4. The molecule has 0 unspecified atom stereocenters. The first kappa shape index (κ1) is 12.9. The van der Waals surface area contributed by atoms with Gasteiger partial charge in [0.15, 0.2) is 0 Å². The molecule has 0 aliphatic carbocycles. The Morgan fingerprint density at radius 2 is 2.12 bits per heavy atom. The molecule has 0 radical (unpaired) electrons. The smallest absolute Gasteiger partial charge is 0.383 e. The Bertz CT molecular complexity index is 356. The topological polar surface area (TPSA) is 63.8 Å². The summed E-state index contributed by atoms with van der Waals surface area (Å²) in [6, 6.07) is 0. The number of thioether (sulfide) groups is 1. The molecular formula is C8H11F3N4S. The number of hydrogen-bond acceptors (Lipinski definition) is 5. The maximum atomic E-state index is 11.8. The van der Waals surface area contributed by atoms with Gasteiger partial charge in [-0.2, -0.15) is 13.2 Å². The lowest BCUT2D eigenvalue weighted by molar-refractivity contribution is -0.0327. The Balaban J connectivity index is 2.41. The van der Waals surface area contributed by atoms with Gasteiger partial charge in [0.2, 0.25) is 0 Å². The van der Waals surface area contributed by atoms with Crippen LogP contribution in [0.4, 0.5) is 24.8 Å². The van der Waals surface area contributed by atoms with E-state index in [0.717, 1.165) is 0 Å². The maximum absolute atomic E-state index is 11.8. The summed E-state index contributed by atoms with van der Waals surface area (Å²) in [5.41, 5.74) is 1.96. The molecular weight excluding hydrogens is 241 g/mol. The number of aromatic nitrogens is 2. The highest BCUT2D eigenvalue weighted by Gasteiger charge is 2.27. The molecule has 0 aliphatic rings. The first-order valence-corrected chi connectivity index (χ1v) is 5.40. The van der Waals surface area contributed by atoms with Crippen molar-refractivity contribution in [3.63, 3.8) is 0 Å². The number of nitrogens with two attached hydrogens (primary N) is 1. The van der Waals surface area contributed by atoms with Crippen LogP contribution in [0.25, 0.3) is 0 Å². The van der Waals surface area contributed by atoms with Crippen LogP contribution in [0.5, 0.6) is 0 Å². The summed E-state index contributed by atoms with van der Waals surface area (Å²) in [6.07, 6.45) is 1.27. The molecule has 0 bridgehead atoms. The lowest BCUT2D eigenvalue weighted by Crippen LogP contribution is -2.12. The number of rotatable bonds is 4. The van der Waals surface area contributed by atoms with Gasteiger partial charge in [-0.05, 0) is 18.7 Å². The summed E-state index contributed by atoms with van der Waals surface area (Å²) in [4.78, 5) is 7.63. The SMILES string of the molecule is Cc1c(N)ncnc1NCCSC(F)(F)F. The van der Waals surface area contributed by atoms with E-state index in [1.54, 1.807) is 6.92 Å². The first-order valence-electron chi connectivity index (χ1n) is 4.42. The van der Waals surface area contributed by atoms with Gasteiger partial charge in [-0.3, -0.25) is 0 Å². The second-order valence-corrected chi connectivity index (χ2v) is 4.11. The Morgan fingerprint density at radius 1 is 1.44 bits per heavy atom. The lowest BCUT2D eigenvalue weighted by Gasteiger charge is -2.09. The molecule has 1 heterocycles. The van der Waals surface area contributed by atoms with Crippen molar-refractivity contribution in [2.24, 2.45) is 0 Å². The van der Waals surface area contributed by atoms with Gasteiger partial charge in [0.25, 0.3) is 0 Å². The van der Waals surface area contributed by atoms with E-state index in [-0.39, 0.29) is 24.1 Å². The quantitative estimate of drug-likeness (QED) is 0.803. The summed E-state index contributed by atoms with van der Waals surface area (Å²) >= 11 is -0.0743. The predicted molar refractivity (Wildman–Crippen MR) is 58.2 cm³/mol. The number of nitrogen functional groups attached to an aromatic ring is 1. The van der Waals surface area contributed by atoms with E-state index >= 15 is 0 Å². The van der Waals surface area contributed by atoms with Crippen molar-refractivity contribution in [2.45, 2.75) is 12.4 Å². The van der Waals surface area contributed by atoms with Crippen molar-refractivity contribution in [2.75, 3.05) is 23.3 Å². The molecule has 16 heavy (non-hydrogen) atoms. The second-order valence-electron chi connectivity index (χ2n) is 2.95. The average Bonchev–Trinajstić information content (AvgIpc) is 2.17. The molecule has 0 fully saturated rings. The Hall–Kier alpha value is -1.18. The molecule has 1 rings (SSSR count). The fourth-order valence-electron chi connectivity index (χ4n) is 0.978. The van der Waals surface area contributed by atoms with Crippen LogP contribution in [0.3, 0.4) is 0 Å². The minimum atomic E-state index is -4.19. The standard InChI is InChI=1S/C8H11F3N4S/c1-5-6(12)14-4-15-7(5)13-2-3-16-8(9,10)11/h4H,2-3H2,1H3,(H3,12,13,14,15). The van der Waals surface area contributed by atoms with Crippen molar-refractivity contribution in [3.05, 3.63) is 11.9 Å². The van der Waals surface area contributed by atoms with Gasteiger partial charge >= 0.3 is 5.51 Å². The molecule has 0 aliphatic heterocycles. The molecule has 0 aromatic carbocycles. The number of hydrogen-bond donors (Lipinski definition) is 2. The van der Waals surface area contributed by atoms with Crippen molar-refractivity contribution < 1.29 is 13.2 Å². The molecule has 0 saturated heterocycles. The van der Waals surface area contributed by atoms with Crippen LogP contribution in [0.1, 0.15) is 5.56 Å². The highest BCUT2D eigenvalue weighted by atomic mass is 32.2. The average molecular weight is 252 g/mol. The third kappa shape index (κ3) is 4.13. The Labute approximate surface area is 94.8 Å². The fourth-order valence-corrected chi connectivity index (χ4v) is 1.41. The second kappa shape index (κ2) is 5.24. The Morgan fingerprint density at radius 3 is 2.75 bits per heavy atom. The van der Waals surface area contributed by atoms with Crippen LogP contribution >= 0.6 is 11.8 Å². The molecule has 1 aromatic rings. The van der Waals surface area contributed by atoms with Crippen molar-refractivity contribution in [3.8, 4) is 0 Å². The molecule has 90 valence electrons. The lowest BCUT2D eigenvalue weighted by atomic mass is 10.3. The summed E-state index contributed by atoms with van der Waals surface area (Å²) in [5.74, 6) is 0.712. The van der Waals surface area contributed by atoms with Crippen LogP contribution in [0.2, 0.25) is 0 Å². The monoisotopic (exact) mass is 252 g/mol. The summed E-state index contributed by atoms with van der Waals surface area (Å²) in [5, 5.41) is 2.77. The van der Waals surface area contributed by atoms with Crippen LogP contribution < -0.4 is 11.1 Å².